The second-order valence-corrected chi connectivity index (χ2v) is 3.61. The van der Waals surface area contributed by atoms with Crippen LogP contribution in [0.25, 0.3) is 0 Å². The fourth-order valence-electron chi connectivity index (χ4n) is 1.47. The molecule has 0 amide bonds. The Bertz CT molecular complexity index is 587. The Balaban J connectivity index is 2.20. The van der Waals surface area contributed by atoms with Crippen molar-refractivity contribution in [3.8, 4) is 5.75 Å². The van der Waals surface area contributed by atoms with Gasteiger partial charge in [-0.3, -0.25) is 0 Å². The number of hydrogen-bond donors (Lipinski definition) is 1. The molecule has 0 radical (unpaired) electrons. The van der Waals surface area contributed by atoms with E-state index in [1.54, 1.807) is 13.2 Å². The van der Waals surface area contributed by atoms with E-state index < -0.39 is 5.97 Å². The molecule has 2 rings (SSSR count). The second-order valence-electron chi connectivity index (χ2n) is 3.61. The number of hydrogen-bond acceptors (Lipinski definition) is 6. The van der Waals surface area contributed by atoms with Crippen LogP contribution in [0.5, 0.6) is 5.75 Å². The summed E-state index contributed by atoms with van der Waals surface area (Å²) in [5.41, 5.74) is 0.800. The van der Waals surface area contributed by atoms with Crippen LogP contribution in [0.1, 0.15) is 10.6 Å². The summed E-state index contributed by atoms with van der Waals surface area (Å²) in [5, 5.41) is 3.06. The highest BCUT2D eigenvalue weighted by Crippen LogP contribution is 2.19. The van der Waals surface area contributed by atoms with Gasteiger partial charge in [-0.2, -0.15) is 0 Å². The third-order valence-corrected chi connectivity index (χ3v) is 2.37. The molecule has 6 heteroatoms. The van der Waals surface area contributed by atoms with E-state index in [1.807, 2.05) is 24.3 Å². The van der Waals surface area contributed by atoms with Gasteiger partial charge >= 0.3 is 5.97 Å². The van der Waals surface area contributed by atoms with Gasteiger partial charge in [0.25, 0.3) is 0 Å². The molecular weight excluding hydrogens is 246 g/mol. The lowest BCUT2D eigenvalue weighted by Gasteiger charge is -2.07. The van der Waals surface area contributed by atoms with Crippen LogP contribution in [0.2, 0.25) is 0 Å². The molecule has 0 bridgehead atoms. The lowest BCUT2D eigenvalue weighted by molar-refractivity contribution is 0.0587. The lowest BCUT2D eigenvalue weighted by Crippen LogP contribution is -2.08. The quantitative estimate of drug-likeness (QED) is 0.847. The van der Waals surface area contributed by atoms with Crippen molar-refractivity contribution in [2.45, 2.75) is 0 Å². The highest BCUT2D eigenvalue weighted by molar-refractivity contribution is 5.85. The van der Waals surface area contributed by atoms with Gasteiger partial charge in [-0.1, -0.05) is 6.07 Å². The van der Waals surface area contributed by atoms with Gasteiger partial charge in [0.05, 0.1) is 14.2 Å². The number of esters is 1. The van der Waals surface area contributed by atoms with Crippen molar-refractivity contribution >= 4 is 17.5 Å². The number of methoxy groups -OCH3 is 2. The highest BCUT2D eigenvalue weighted by Gasteiger charge is 2.09. The van der Waals surface area contributed by atoms with Crippen LogP contribution in [0.3, 0.4) is 0 Å². The van der Waals surface area contributed by atoms with Crippen molar-refractivity contribution < 1.29 is 14.3 Å². The average molecular weight is 259 g/mol. The third-order valence-electron chi connectivity index (χ3n) is 2.37. The van der Waals surface area contributed by atoms with E-state index in [4.69, 9.17) is 4.74 Å². The predicted octanol–water partition coefficient (Wildman–Crippen LogP) is 2.02. The molecular formula is C13H13N3O3. The summed E-state index contributed by atoms with van der Waals surface area (Å²) in [6.45, 7) is 0. The van der Waals surface area contributed by atoms with E-state index in [9.17, 15) is 4.79 Å². The monoisotopic (exact) mass is 259 g/mol. The smallest absolute Gasteiger partial charge is 0.376 e. The predicted molar refractivity (Wildman–Crippen MR) is 69.6 cm³/mol. The maximum absolute atomic E-state index is 11.3. The van der Waals surface area contributed by atoms with Gasteiger partial charge in [-0.15, -0.1) is 0 Å². The first-order valence-electron chi connectivity index (χ1n) is 5.55. The highest BCUT2D eigenvalue weighted by atomic mass is 16.5. The maximum Gasteiger partial charge on any atom is 0.376 e. The van der Waals surface area contributed by atoms with Gasteiger partial charge in [-0.25, -0.2) is 14.8 Å². The van der Waals surface area contributed by atoms with E-state index in [2.05, 4.69) is 20.0 Å². The first-order chi connectivity index (χ1) is 9.22. The summed E-state index contributed by atoms with van der Waals surface area (Å²) in [6, 6.07) is 9.03. The molecule has 98 valence electrons. The summed E-state index contributed by atoms with van der Waals surface area (Å²) >= 11 is 0. The Morgan fingerprint density at radius 3 is 2.84 bits per heavy atom. The number of ether oxygens (including phenoxy) is 2. The Labute approximate surface area is 110 Å². The molecule has 0 aliphatic heterocycles. The molecule has 0 fully saturated rings. The number of aromatic nitrogens is 2. The minimum absolute atomic E-state index is 0.00963. The fraction of sp³-hybridized carbons (Fsp3) is 0.154. The van der Waals surface area contributed by atoms with Crippen LogP contribution in [-0.4, -0.2) is 30.2 Å². The molecule has 1 heterocycles. The summed E-state index contributed by atoms with van der Waals surface area (Å²) in [7, 11) is 2.88. The molecule has 1 N–H and O–H groups in total. The zero-order chi connectivity index (χ0) is 13.7. The number of carbonyl (C=O) groups is 1. The number of benzene rings is 1. The second kappa shape index (κ2) is 5.81. The standard InChI is InChI=1S/C13H13N3O3/c1-18-10-5-3-4-9(8-10)15-11-6-7-14-12(16-11)13(17)19-2/h3-8H,1-2H3,(H,14,15,16). The molecule has 0 spiro atoms. The van der Waals surface area contributed by atoms with Gasteiger partial charge in [0.1, 0.15) is 11.6 Å². The van der Waals surface area contributed by atoms with E-state index in [-0.39, 0.29) is 5.82 Å². The molecule has 1 aromatic carbocycles. The van der Waals surface area contributed by atoms with E-state index >= 15 is 0 Å². The fourth-order valence-corrected chi connectivity index (χ4v) is 1.47. The van der Waals surface area contributed by atoms with Gasteiger partial charge in [0, 0.05) is 18.0 Å². The molecule has 0 atom stereocenters. The van der Waals surface area contributed by atoms with Crippen molar-refractivity contribution in [1.29, 1.82) is 0 Å². The molecule has 0 unspecified atom stereocenters. The number of nitrogens with zero attached hydrogens (tertiary/aromatic N) is 2. The molecule has 6 nitrogen and oxygen atoms in total. The summed E-state index contributed by atoms with van der Waals surface area (Å²) in [5.74, 6) is 0.667. The van der Waals surface area contributed by atoms with E-state index in [0.29, 0.717) is 5.82 Å². The van der Waals surface area contributed by atoms with Gasteiger partial charge in [0.15, 0.2) is 0 Å². The Morgan fingerprint density at radius 2 is 2.11 bits per heavy atom. The van der Waals surface area contributed by atoms with Crippen LogP contribution in [-0.2, 0) is 4.74 Å². The Morgan fingerprint density at radius 1 is 1.26 bits per heavy atom. The number of carbonyl (C=O) groups excluding carboxylic acids is 1. The molecule has 2 aromatic rings. The van der Waals surface area contributed by atoms with Crippen LogP contribution in [0.4, 0.5) is 11.5 Å². The van der Waals surface area contributed by atoms with Crippen LogP contribution in [0.15, 0.2) is 36.5 Å². The minimum Gasteiger partial charge on any atom is -0.497 e. The third kappa shape index (κ3) is 3.19. The number of nitrogens with one attached hydrogen (secondary N) is 1. The first kappa shape index (κ1) is 12.8. The van der Waals surface area contributed by atoms with Crippen LogP contribution in [0, 0.1) is 0 Å². The van der Waals surface area contributed by atoms with Crippen molar-refractivity contribution in [2.24, 2.45) is 0 Å². The SMILES string of the molecule is COC(=O)c1nccc(Nc2cccc(OC)c2)n1. The van der Waals surface area contributed by atoms with Gasteiger partial charge in [0.2, 0.25) is 5.82 Å². The summed E-state index contributed by atoms with van der Waals surface area (Å²) in [6.07, 6.45) is 1.49. The van der Waals surface area contributed by atoms with Crippen molar-refractivity contribution in [1.82, 2.24) is 9.97 Å². The molecule has 0 saturated carbocycles. The number of anilines is 2. The maximum atomic E-state index is 11.3. The molecule has 0 aliphatic rings. The zero-order valence-corrected chi connectivity index (χ0v) is 10.6. The average Bonchev–Trinajstić information content (AvgIpc) is 2.47. The molecule has 0 aliphatic carbocycles. The number of rotatable bonds is 4. The molecule has 0 saturated heterocycles. The van der Waals surface area contributed by atoms with Crippen LogP contribution >= 0.6 is 0 Å². The minimum atomic E-state index is -0.575. The van der Waals surface area contributed by atoms with E-state index in [1.165, 1.54) is 13.3 Å². The lowest BCUT2D eigenvalue weighted by atomic mass is 10.3. The van der Waals surface area contributed by atoms with Gasteiger partial charge < -0.3 is 14.8 Å². The Hall–Kier alpha value is -2.63. The topological polar surface area (TPSA) is 73.3 Å². The molecule has 1 aromatic heterocycles. The summed E-state index contributed by atoms with van der Waals surface area (Å²) < 4.78 is 9.69. The largest absolute Gasteiger partial charge is 0.497 e. The molecule has 19 heavy (non-hydrogen) atoms. The Kier molecular flexibility index (Phi) is 3.92. The summed E-state index contributed by atoms with van der Waals surface area (Å²) in [4.78, 5) is 19.2. The zero-order valence-electron chi connectivity index (χ0n) is 10.6. The first-order valence-corrected chi connectivity index (χ1v) is 5.55. The van der Waals surface area contributed by atoms with Crippen molar-refractivity contribution in [3.05, 3.63) is 42.4 Å². The van der Waals surface area contributed by atoms with E-state index in [0.717, 1.165) is 11.4 Å². The van der Waals surface area contributed by atoms with Crippen molar-refractivity contribution in [2.75, 3.05) is 19.5 Å². The van der Waals surface area contributed by atoms with Crippen LogP contribution < -0.4 is 10.1 Å². The normalized spacial score (nSPS) is 9.79. The van der Waals surface area contributed by atoms with Crippen molar-refractivity contribution in [3.63, 3.8) is 0 Å². The van der Waals surface area contributed by atoms with Gasteiger partial charge in [-0.05, 0) is 18.2 Å².